The van der Waals surface area contributed by atoms with Crippen LogP contribution < -0.4 is 4.74 Å². The lowest BCUT2D eigenvalue weighted by atomic mass is 10.2. The van der Waals surface area contributed by atoms with E-state index in [9.17, 15) is 0 Å². The zero-order chi connectivity index (χ0) is 22.3. The first-order valence-corrected chi connectivity index (χ1v) is 11.4. The van der Waals surface area contributed by atoms with Crippen LogP contribution >= 0.6 is 24.0 Å². The molecule has 0 amide bonds. The van der Waals surface area contributed by atoms with Crippen LogP contribution in [0, 0.1) is 11.7 Å². The van der Waals surface area contributed by atoms with Gasteiger partial charge in [-0.15, -0.1) is 5.10 Å². The summed E-state index contributed by atoms with van der Waals surface area (Å²) < 4.78 is 9.60. The van der Waals surface area contributed by atoms with Crippen molar-refractivity contribution in [3.8, 4) is 17.1 Å². The van der Waals surface area contributed by atoms with Gasteiger partial charge in [-0.25, -0.2) is 4.68 Å². The van der Waals surface area contributed by atoms with E-state index in [0.717, 1.165) is 22.9 Å². The Hall–Kier alpha value is -3.35. The zero-order valence-electron chi connectivity index (χ0n) is 17.9. The fourth-order valence-electron chi connectivity index (χ4n) is 3.12. The van der Waals surface area contributed by atoms with Crippen molar-refractivity contribution in [3.05, 3.63) is 113 Å². The maximum absolute atomic E-state index is 5.79. The highest BCUT2D eigenvalue weighted by Crippen LogP contribution is 2.21. The van der Waals surface area contributed by atoms with Gasteiger partial charge in [0.05, 0.1) is 12.8 Å². The Labute approximate surface area is 197 Å². The van der Waals surface area contributed by atoms with E-state index < -0.39 is 0 Å². The average molecular weight is 458 g/mol. The summed E-state index contributed by atoms with van der Waals surface area (Å²) in [7, 11) is 1.65. The van der Waals surface area contributed by atoms with Crippen LogP contribution in [-0.4, -0.2) is 21.5 Å². The Morgan fingerprint density at radius 3 is 2.28 bits per heavy atom. The molecule has 4 aromatic rings. The summed E-state index contributed by atoms with van der Waals surface area (Å²) >= 11 is 7.47. The molecule has 3 aromatic carbocycles. The molecule has 0 saturated heterocycles. The largest absolute Gasteiger partial charge is 0.497 e. The molecule has 0 N–H and O–H groups in total. The topological polar surface area (TPSA) is 32.0 Å². The fraction of sp³-hybridized carbons (Fsp3) is 0.0769. The van der Waals surface area contributed by atoms with E-state index in [4.69, 9.17) is 22.1 Å². The maximum atomic E-state index is 5.79. The highest BCUT2D eigenvalue weighted by atomic mass is 32.2. The van der Waals surface area contributed by atoms with Crippen LogP contribution in [-0.2, 0) is 0 Å². The van der Waals surface area contributed by atoms with E-state index in [1.54, 1.807) is 23.6 Å². The minimum Gasteiger partial charge on any atom is -0.497 e. The van der Waals surface area contributed by atoms with Gasteiger partial charge in [-0.1, -0.05) is 59.8 Å². The van der Waals surface area contributed by atoms with Crippen LogP contribution in [0.2, 0.25) is 0 Å². The third-order valence-corrected chi connectivity index (χ3v) is 5.99. The van der Waals surface area contributed by atoms with E-state index in [0.29, 0.717) is 4.77 Å². The Morgan fingerprint density at radius 1 is 0.875 bits per heavy atom. The van der Waals surface area contributed by atoms with Gasteiger partial charge in [-0.05, 0) is 79.2 Å². The molecule has 1 heterocycles. The summed E-state index contributed by atoms with van der Waals surface area (Å²) in [4.78, 5) is 1.20. The summed E-state index contributed by atoms with van der Waals surface area (Å²) in [5.74, 6) is 1.54. The molecule has 0 aliphatic heterocycles. The van der Waals surface area contributed by atoms with Crippen molar-refractivity contribution in [2.75, 3.05) is 7.11 Å². The summed E-state index contributed by atoms with van der Waals surface area (Å²) in [5, 5.41) is 6.84. The number of benzene rings is 3. The van der Waals surface area contributed by atoms with Crippen LogP contribution in [0.5, 0.6) is 5.75 Å². The molecule has 6 heteroatoms. The van der Waals surface area contributed by atoms with Crippen LogP contribution in [0.25, 0.3) is 17.5 Å². The molecule has 160 valence electrons. The van der Waals surface area contributed by atoms with E-state index in [2.05, 4.69) is 36.6 Å². The van der Waals surface area contributed by atoms with Crippen molar-refractivity contribution in [2.24, 2.45) is 0 Å². The number of ether oxygens (including phenoxy) is 1. The second-order valence-corrected chi connectivity index (χ2v) is 8.38. The molecule has 0 fully saturated rings. The Morgan fingerprint density at radius 2 is 1.59 bits per heavy atom. The molecule has 0 aliphatic rings. The van der Waals surface area contributed by atoms with Crippen LogP contribution in [0.4, 0.5) is 0 Å². The summed E-state index contributed by atoms with van der Waals surface area (Å²) in [6, 6.07) is 26.2. The number of nitrogens with zero attached hydrogens (tertiary/aromatic N) is 3. The van der Waals surface area contributed by atoms with E-state index >= 15 is 0 Å². The number of methoxy groups -OCH3 is 1. The average Bonchev–Trinajstić information content (AvgIpc) is 3.16. The molecule has 1 aromatic heterocycles. The first-order valence-electron chi connectivity index (χ1n) is 10.1. The smallest absolute Gasteiger partial charge is 0.207 e. The fourth-order valence-corrected chi connectivity index (χ4v) is 4.09. The van der Waals surface area contributed by atoms with Gasteiger partial charge in [0.15, 0.2) is 5.82 Å². The molecule has 0 saturated carbocycles. The Kier molecular flexibility index (Phi) is 7.04. The summed E-state index contributed by atoms with van der Waals surface area (Å²) in [6.07, 6.45) is 5.96. The van der Waals surface area contributed by atoms with Gasteiger partial charge >= 0.3 is 0 Å². The molecule has 0 aliphatic carbocycles. The van der Waals surface area contributed by atoms with Gasteiger partial charge in [0.2, 0.25) is 4.77 Å². The molecule has 0 unspecified atom stereocenters. The number of allylic oxidation sites excluding steroid dienone is 2. The summed E-state index contributed by atoms with van der Waals surface area (Å²) in [6.45, 7) is 2.09. The number of aryl methyl sites for hydroxylation is 1. The minimum absolute atomic E-state index is 0.596. The van der Waals surface area contributed by atoms with Crippen LogP contribution in [0.15, 0.2) is 101 Å². The van der Waals surface area contributed by atoms with E-state index in [1.165, 1.54) is 10.5 Å². The van der Waals surface area contributed by atoms with Crippen molar-refractivity contribution in [3.63, 3.8) is 0 Å². The molecule has 4 nitrogen and oxygen atoms in total. The maximum Gasteiger partial charge on any atom is 0.207 e. The van der Waals surface area contributed by atoms with E-state index in [-0.39, 0.29) is 0 Å². The zero-order valence-corrected chi connectivity index (χ0v) is 19.5. The highest BCUT2D eigenvalue weighted by molar-refractivity contribution is 8.02. The van der Waals surface area contributed by atoms with Gasteiger partial charge in [0.25, 0.3) is 0 Å². The molecular formula is C26H23N3OS2. The normalized spacial score (nSPS) is 11.4. The van der Waals surface area contributed by atoms with E-state index in [1.807, 2.05) is 77.4 Å². The number of rotatable bonds is 7. The number of aromatic nitrogens is 3. The lowest BCUT2D eigenvalue weighted by Crippen LogP contribution is -1.99. The SMILES string of the molecule is COc1ccc(-n2nc(/C=C\C=C\Sc3ccc(C)cc3)n(-c3ccccc3)c2=S)cc1. The van der Waals surface area contributed by atoms with Gasteiger partial charge in [-0.3, -0.25) is 4.57 Å². The quantitative estimate of drug-likeness (QED) is 0.169. The standard InChI is InChI=1S/C26H23N3OS2/c1-20-11-17-24(18-12-20)32-19-7-6-10-25-27-29(22-13-15-23(30-2)16-14-22)26(31)28(25)21-8-4-3-5-9-21/h3-19H,1-2H3/b10-6-,19-7+. The highest BCUT2D eigenvalue weighted by Gasteiger charge is 2.11. The number of thioether (sulfide) groups is 1. The van der Waals surface area contributed by atoms with Gasteiger partial charge in [0.1, 0.15) is 5.75 Å². The Bertz CT molecular complexity index is 1290. The van der Waals surface area contributed by atoms with Crippen molar-refractivity contribution in [2.45, 2.75) is 11.8 Å². The lowest BCUT2D eigenvalue weighted by molar-refractivity contribution is 0.414. The first-order chi connectivity index (χ1) is 15.7. The second-order valence-electron chi connectivity index (χ2n) is 7.04. The Balaban J connectivity index is 1.63. The molecule has 4 rings (SSSR count). The molecule has 0 radical (unpaired) electrons. The van der Waals surface area contributed by atoms with Crippen LogP contribution in [0.3, 0.4) is 0 Å². The third kappa shape index (κ3) is 5.10. The third-order valence-electron chi connectivity index (χ3n) is 4.80. The molecule has 0 bridgehead atoms. The monoisotopic (exact) mass is 457 g/mol. The predicted octanol–water partition coefficient (Wildman–Crippen LogP) is 7.03. The van der Waals surface area contributed by atoms with Crippen molar-refractivity contribution < 1.29 is 4.74 Å². The van der Waals surface area contributed by atoms with Crippen LogP contribution in [0.1, 0.15) is 11.4 Å². The molecule has 0 atom stereocenters. The van der Waals surface area contributed by atoms with Crippen molar-refractivity contribution in [1.82, 2.24) is 14.3 Å². The molecule has 32 heavy (non-hydrogen) atoms. The first kappa shape index (κ1) is 21.9. The van der Waals surface area contributed by atoms with Crippen molar-refractivity contribution >= 4 is 30.1 Å². The lowest BCUT2D eigenvalue weighted by Gasteiger charge is -2.04. The predicted molar refractivity (Wildman–Crippen MR) is 135 cm³/mol. The van der Waals surface area contributed by atoms with Crippen molar-refractivity contribution in [1.29, 1.82) is 0 Å². The second kappa shape index (κ2) is 10.3. The van der Waals surface area contributed by atoms with Gasteiger partial charge < -0.3 is 4.74 Å². The molecular weight excluding hydrogens is 434 g/mol. The van der Waals surface area contributed by atoms with Gasteiger partial charge in [0, 0.05) is 10.6 Å². The number of hydrogen-bond acceptors (Lipinski definition) is 4. The number of hydrogen-bond donors (Lipinski definition) is 0. The van der Waals surface area contributed by atoms with Gasteiger partial charge in [-0.2, -0.15) is 0 Å². The summed E-state index contributed by atoms with van der Waals surface area (Å²) in [5.41, 5.74) is 3.11. The molecule has 0 spiro atoms. The number of para-hydroxylation sites is 1. The minimum atomic E-state index is 0.596.